The minimum Gasteiger partial charge on any atom is -0.316 e. The monoisotopic (exact) mass is 251 g/mol. The minimum absolute atomic E-state index is 0.159. The van der Waals surface area contributed by atoms with Gasteiger partial charge < -0.3 is 5.32 Å². The van der Waals surface area contributed by atoms with Crippen LogP contribution < -0.4 is 5.32 Å². The first kappa shape index (κ1) is 11.5. The summed E-state index contributed by atoms with van der Waals surface area (Å²) in [5, 5.41) is 12.5. The predicted molar refractivity (Wildman–Crippen MR) is 74.7 cm³/mol. The Morgan fingerprint density at radius 3 is 2.95 bits per heavy atom. The van der Waals surface area contributed by atoms with Gasteiger partial charge in [0, 0.05) is 30.9 Å². The molecule has 4 rings (SSSR count). The second-order valence-corrected chi connectivity index (χ2v) is 6.71. The molecule has 0 amide bonds. The highest BCUT2D eigenvalue weighted by Gasteiger charge is 2.48. The molecule has 3 aliphatic rings. The van der Waals surface area contributed by atoms with Crippen LogP contribution in [-0.2, 0) is 19.1 Å². The van der Waals surface area contributed by atoms with E-state index in [0.29, 0.717) is 5.41 Å². The lowest BCUT2D eigenvalue weighted by molar-refractivity contribution is 0.000817. The summed E-state index contributed by atoms with van der Waals surface area (Å²) in [7, 11) is 0. The van der Waals surface area contributed by atoms with Gasteiger partial charge in [-0.25, -0.2) is 5.26 Å². The average molecular weight is 251 g/mol. The molecule has 3 heterocycles. The third-order valence-corrected chi connectivity index (χ3v) is 5.27. The maximum absolute atomic E-state index is 9.09. The molecule has 1 spiro atoms. The highest BCUT2D eigenvalue weighted by atomic mass is 15.0. The molecule has 1 aliphatic carbocycles. The van der Waals surface area contributed by atoms with E-state index in [9.17, 15) is 0 Å². The van der Waals surface area contributed by atoms with Crippen molar-refractivity contribution in [2.75, 3.05) is 13.1 Å². The van der Waals surface area contributed by atoms with E-state index in [2.05, 4.69) is 22.3 Å². The second-order valence-electron chi connectivity index (χ2n) is 6.71. The molecule has 0 atom stereocenters. The molecule has 2 aliphatic heterocycles. The molecule has 1 aromatic rings. The fourth-order valence-electron chi connectivity index (χ4n) is 4.23. The lowest BCUT2D eigenvalue weighted by Gasteiger charge is -2.54. The molecule has 0 unspecified atom stereocenters. The molecule has 4 heteroatoms. The number of nitrogens with one attached hydrogen (secondary N) is 1. The Labute approximate surface area is 114 Å². The van der Waals surface area contributed by atoms with E-state index < -0.39 is 0 Å². The maximum atomic E-state index is 9.09. The molecule has 0 aromatic carbocycles. The molecule has 3 nitrogen and oxygen atoms in total. The van der Waals surface area contributed by atoms with Crippen LogP contribution in [0.15, 0.2) is 12.3 Å². The van der Waals surface area contributed by atoms with Crippen LogP contribution in [0, 0.1) is 22.6 Å². The smallest absolute Gasteiger partial charge is 0.278 e. The second kappa shape index (κ2) is 4.08. The summed E-state index contributed by atoms with van der Waals surface area (Å²) in [4.78, 5) is 4.46. The summed E-state index contributed by atoms with van der Waals surface area (Å²) < 4.78 is 0. The lowest BCUT2D eigenvalue weighted by Crippen LogP contribution is -2.60. The fraction of sp³-hybridized carbons (Fsp3) is 0.600. The van der Waals surface area contributed by atoms with Gasteiger partial charge in [0.15, 0.2) is 0 Å². The fourth-order valence-corrected chi connectivity index (χ4v) is 4.23. The first-order chi connectivity index (χ1) is 9.28. The van der Waals surface area contributed by atoms with Crippen LogP contribution in [0.4, 0.5) is 0 Å². The Morgan fingerprint density at radius 2 is 2.26 bits per heavy atom. The number of pyridine rings is 1. The van der Waals surface area contributed by atoms with E-state index in [-0.39, 0.29) is 6.71 Å². The quantitative estimate of drug-likeness (QED) is 0.807. The van der Waals surface area contributed by atoms with E-state index in [0.717, 1.165) is 18.6 Å². The van der Waals surface area contributed by atoms with Crippen LogP contribution >= 0.6 is 0 Å². The molecular weight excluding hydrogens is 233 g/mol. The largest absolute Gasteiger partial charge is 0.316 e. The van der Waals surface area contributed by atoms with Gasteiger partial charge in [-0.05, 0) is 60.4 Å². The standard InChI is InChI=1S/C15H18BN3/c17-10-16-6-13-12(1-2-19-14(13)7-16)3-11-4-15(5-11)8-18-9-15/h1-2,11,18H,3-9H2. The van der Waals surface area contributed by atoms with Crippen molar-refractivity contribution >= 4 is 6.71 Å². The van der Waals surface area contributed by atoms with Crippen molar-refractivity contribution in [1.82, 2.24) is 10.3 Å². The van der Waals surface area contributed by atoms with E-state index in [1.165, 1.54) is 49.2 Å². The van der Waals surface area contributed by atoms with Crippen LogP contribution in [0.2, 0.25) is 0 Å². The average Bonchev–Trinajstić information content (AvgIpc) is 2.74. The normalized spacial score (nSPS) is 23.6. The van der Waals surface area contributed by atoms with Crippen molar-refractivity contribution in [3.05, 3.63) is 29.1 Å². The zero-order valence-corrected chi connectivity index (χ0v) is 11.2. The van der Waals surface area contributed by atoms with Crippen molar-refractivity contribution in [3.63, 3.8) is 0 Å². The van der Waals surface area contributed by atoms with Gasteiger partial charge in [-0.15, -0.1) is 0 Å². The summed E-state index contributed by atoms with van der Waals surface area (Å²) >= 11 is 0. The van der Waals surface area contributed by atoms with Crippen molar-refractivity contribution in [2.45, 2.75) is 31.9 Å². The molecule has 1 saturated carbocycles. The number of nitrogens with zero attached hydrogens (tertiary/aromatic N) is 2. The summed E-state index contributed by atoms with van der Waals surface area (Å²) in [6.07, 6.45) is 7.70. The van der Waals surface area contributed by atoms with Gasteiger partial charge in [0.25, 0.3) is 6.71 Å². The minimum atomic E-state index is 0.159. The molecule has 96 valence electrons. The Bertz CT molecular complexity index is 551. The molecule has 1 N–H and O–H groups in total. The van der Waals surface area contributed by atoms with Gasteiger partial charge in [0.1, 0.15) is 0 Å². The Kier molecular flexibility index (Phi) is 2.47. The van der Waals surface area contributed by atoms with Gasteiger partial charge in [-0.3, -0.25) is 4.98 Å². The topological polar surface area (TPSA) is 48.7 Å². The molecule has 0 bridgehead atoms. The predicted octanol–water partition coefficient (Wildman–Crippen LogP) is 1.36. The number of hydrogen-bond donors (Lipinski definition) is 1. The number of aromatic nitrogens is 1. The molecule has 19 heavy (non-hydrogen) atoms. The Balaban J connectivity index is 1.48. The zero-order chi connectivity index (χ0) is 12.9. The van der Waals surface area contributed by atoms with Crippen LogP contribution in [0.1, 0.15) is 29.7 Å². The molecule has 1 aromatic heterocycles. The number of nitriles is 1. The summed E-state index contributed by atoms with van der Waals surface area (Å²) in [5.74, 6) is 3.26. The van der Waals surface area contributed by atoms with E-state index in [1.807, 2.05) is 6.20 Å². The van der Waals surface area contributed by atoms with Crippen molar-refractivity contribution in [3.8, 4) is 5.97 Å². The summed E-state index contributed by atoms with van der Waals surface area (Å²) in [6, 6.07) is 2.18. The van der Waals surface area contributed by atoms with Crippen molar-refractivity contribution < 1.29 is 0 Å². The van der Waals surface area contributed by atoms with Gasteiger partial charge in [-0.2, -0.15) is 0 Å². The Morgan fingerprint density at radius 1 is 1.42 bits per heavy atom. The van der Waals surface area contributed by atoms with Crippen molar-refractivity contribution in [1.29, 1.82) is 5.26 Å². The Hall–Kier alpha value is -1.34. The van der Waals surface area contributed by atoms with Gasteiger partial charge >= 0.3 is 0 Å². The van der Waals surface area contributed by atoms with E-state index in [4.69, 9.17) is 5.26 Å². The molecular formula is C15H18BN3. The van der Waals surface area contributed by atoms with Crippen LogP contribution in [-0.4, -0.2) is 24.8 Å². The maximum Gasteiger partial charge on any atom is 0.278 e. The highest BCUT2D eigenvalue weighted by Crippen LogP contribution is 2.49. The van der Waals surface area contributed by atoms with Gasteiger partial charge in [0.05, 0.1) is 0 Å². The van der Waals surface area contributed by atoms with Gasteiger partial charge in [0.2, 0.25) is 0 Å². The third kappa shape index (κ3) is 1.80. The van der Waals surface area contributed by atoms with Crippen molar-refractivity contribution in [2.24, 2.45) is 11.3 Å². The number of rotatable bonds is 2. The molecule has 1 saturated heterocycles. The lowest BCUT2D eigenvalue weighted by atomic mass is 9.49. The third-order valence-electron chi connectivity index (χ3n) is 5.27. The first-order valence-corrected chi connectivity index (χ1v) is 7.34. The van der Waals surface area contributed by atoms with Gasteiger partial charge in [-0.1, -0.05) is 0 Å². The van der Waals surface area contributed by atoms with E-state index >= 15 is 0 Å². The first-order valence-electron chi connectivity index (χ1n) is 7.34. The van der Waals surface area contributed by atoms with E-state index in [1.54, 1.807) is 0 Å². The SMILES string of the molecule is N#CB1Cc2nccc(CC3CC4(CNC4)C3)c2C1. The number of hydrogen-bond acceptors (Lipinski definition) is 3. The van der Waals surface area contributed by atoms with Crippen LogP contribution in [0.25, 0.3) is 0 Å². The van der Waals surface area contributed by atoms with Crippen LogP contribution in [0.3, 0.4) is 0 Å². The molecule has 2 fully saturated rings. The van der Waals surface area contributed by atoms with Crippen LogP contribution in [0.5, 0.6) is 0 Å². The zero-order valence-electron chi connectivity index (χ0n) is 11.2. The summed E-state index contributed by atoms with van der Waals surface area (Å²) in [6.45, 7) is 2.62. The number of fused-ring (bicyclic) bond motifs is 1. The molecule has 0 radical (unpaired) electrons. The highest BCUT2D eigenvalue weighted by molar-refractivity contribution is 6.66. The summed E-state index contributed by atoms with van der Waals surface area (Å²) in [5.41, 5.74) is 4.70.